The third-order valence-electron chi connectivity index (χ3n) is 6.40. The van der Waals surface area contributed by atoms with Gasteiger partial charge in [-0.15, -0.1) is 0 Å². The van der Waals surface area contributed by atoms with E-state index in [2.05, 4.69) is 20.7 Å². The molecule has 0 saturated heterocycles. The maximum Gasteiger partial charge on any atom is 0.240 e. The third kappa shape index (κ3) is 9.99. The zero-order valence-corrected chi connectivity index (χ0v) is 23.1. The molecule has 10 heteroatoms. The number of unbranched alkanes of at least 4 members (excludes halogenated alkanes) is 3. The second kappa shape index (κ2) is 16.5. The fourth-order valence-electron chi connectivity index (χ4n) is 4.26. The summed E-state index contributed by atoms with van der Waals surface area (Å²) in [6.45, 7) is 5.65. The molecule has 38 heavy (non-hydrogen) atoms. The number of carbonyl (C=O) groups excluding carboxylic acids is 1. The van der Waals surface area contributed by atoms with Crippen LogP contribution in [0.5, 0.6) is 0 Å². The van der Waals surface area contributed by atoms with Gasteiger partial charge < -0.3 is 26.1 Å². The van der Waals surface area contributed by atoms with Gasteiger partial charge in [0.25, 0.3) is 0 Å². The molecule has 210 valence electrons. The van der Waals surface area contributed by atoms with Crippen LogP contribution in [0.15, 0.2) is 51.8 Å². The quantitative estimate of drug-likeness (QED) is 0.137. The fourth-order valence-corrected chi connectivity index (χ4v) is 5.36. The zero-order valence-electron chi connectivity index (χ0n) is 22.3. The van der Waals surface area contributed by atoms with Crippen LogP contribution in [0.2, 0.25) is 0 Å². The lowest BCUT2D eigenvalue weighted by atomic mass is 10.1. The molecule has 0 aliphatic rings. The first-order chi connectivity index (χ1) is 18.5. The minimum Gasteiger partial charge on any atom is -0.456 e. The van der Waals surface area contributed by atoms with E-state index >= 15 is 0 Å². The molecule has 3 aromatic rings. The number of fused-ring (bicyclic) bond motifs is 3. The predicted octanol–water partition coefficient (Wildman–Crippen LogP) is 3.24. The van der Waals surface area contributed by atoms with E-state index in [4.69, 9.17) is 10.2 Å². The molecule has 0 radical (unpaired) electrons. The van der Waals surface area contributed by atoms with Gasteiger partial charge in [-0.3, -0.25) is 4.79 Å². The SMILES string of the molecule is NCCCNCCCCNCCCNC(=O)CCCCCNS(=O)(=O)c1ccc2oc3ccccc3c2c1. The molecule has 0 atom stereocenters. The van der Waals surface area contributed by atoms with Crippen LogP contribution in [0, 0.1) is 0 Å². The maximum atomic E-state index is 12.8. The Morgan fingerprint density at radius 2 is 1.42 bits per heavy atom. The fraction of sp³-hybridized carbons (Fsp3) is 0.536. The number of hydrogen-bond acceptors (Lipinski definition) is 7. The highest BCUT2D eigenvalue weighted by Gasteiger charge is 2.16. The number of furan rings is 1. The van der Waals surface area contributed by atoms with E-state index in [1.54, 1.807) is 18.2 Å². The van der Waals surface area contributed by atoms with E-state index in [0.717, 1.165) is 87.6 Å². The summed E-state index contributed by atoms with van der Waals surface area (Å²) >= 11 is 0. The van der Waals surface area contributed by atoms with E-state index in [-0.39, 0.29) is 10.8 Å². The topological polar surface area (TPSA) is 138 Å². The minimum absolute atomic E-state index is 0.0507. The number of sulfonamides is 1. The molecule has 1 heterocycles. The molecule has 0 aliphatic carbocycles. The molecule has 0 bridgehead atoms. The molecule has 6 N–H and O–H groups in total. The Morgan fingerprint density at radius 1 is 0.737 bits per heavy atom. The van der Waals surface area contributed by atoms with Gasteiger partial charge in [0.1, 0.15) is 11.2 Å². The van der Waals surface area contributed by atoms with E-state index in [9.17, 15) is 13.2 Å². The Labute approximate surface area is 226 Å². The van der Waals surface area contributed by atoms with E-state index in [1.807, 2.05) is 24.3 Å². The highest BCUT2D eigenvalue weighted by Crippen LogP contribution is 2.30. The van der Waals surface area contributed by atoms with Gasteiger partial charge in [-0.2, -0.15) is 0 Å². The van der Waals surface area contributed by atoms with Crippen molar-refractivity contribution in [2.24, 2.45) is 5.73 Å². The highest BCUT2D eigenvalue weighted by molar-refractivity contribution is 7.89. The van der Waals surface area contributed by atoms with E-state index in [1.165, 1.54) is 0 Å². The molecule has 2 aromatic carbocycles. The average Bonchev–Trinajstić information content (AvgIpc) is 3.29. The lowest BCUT2D eigenvalue weighted by Crippen LogP contribution is -2.27. The van der Waals surface area contributed by atoms with Gasteiger partial charge in [-0.25, -0.2) is 13.1 Å². The van der Waals surface area contributed by atoms with Crippen LogP contribution in [0.1, 0.15) is 51.4 Å². The highest BCUT2D eigenvalue weighted by atomic mass is 32.2. The van der Waals surface area contributed by atoms with Crippen molar-refractivity contribution in [1.82, 2.24) is 20.7 Å². The van der Waals surface area contributed by atoms with Crippen molar-refractivity contribution in [2.75, 3.05) is 45.8 Å². The second-order valence-electron chi connectivity index (χ2n) is 9.52. The smallest absolute Gasteiger partial charge is 0.240 e. The first-order valence-electron chi connectivity index (χ1n) is 13.8. The van der Waals surface area contributed by atoms with Gasteiger partial charge in [-0.1, -0.05) is 24.6 Å². The molecule has 9 nitrogen and oxygen atoms in total. The molecule has 0 aliphatic heterocycles. The number of hydrogen-bond donors (Lipinski definition) is 5. The van der Waals surface area contributed by atoms with E-state index < -0.39 is 10.0 Å². The van der Waals surface area contributed by atoms with Crippen LogP contribution in [0.4, 0.5) is 0 Å². The summed E-state index contributed by atoms with van der Waals surface area (Å²) in [5.74, 6) is 0.0507. The Balaban J connectivity index is 1.21. The Morgan fingerprint density at radius 3 is 2.21 bits per heavy atom. The molecular formula is C28H43N5O4S. The van der Waals surface area contributed by atoms with Gasteiger partial charge in [0.2, 0.25) is 15.9 Å². The predicted molar refractivity (Wildman–Crippen MR) is 154 cm³/mol. The molecule has 1 amide bonds. The second-order valence-corrected chi connectivity index (χ2v) is 11.3. The third-order valence-corrected chi connectivity index (χ3v) is 7.86. The van der Waals surface area contributed by atoms with Crippen molar-refractivity contribution in [2.45, 2.75) is 56.3 Å². The Bertz CT molecular complexity index is 1230. The molecule has 3 rings (SSSR count). The monoisotopic (exact) mass is 545 g/mol. The Kier molecular flexibility index (Phi) is 13.0. The van der Waals surface area contributed by atoms with Crippen molar-refractivity contribution >= 4 is 37.9 Å². The lowest BCUT2D eigenvalue weighted by Gasteiger charge is -2.08. The first-order valence-corrected chi connectivity index (χ1v) is 15.3. The van der Waals surface area contributed by atoms with E-state index in [0.29, 0.717) is 31.5 Å². The number of rotatable bonds is 20. The van der Waals surface area contributed by atoms with Gasteiger partial charge in [0, 0.05) is 30.3 Å². The summed E-state index contributed by atoms with van der Waals surface area (Å²) in [4.78, 5) is 12.2. The van der Waals surface area contributed by atoms with Crippen LogP contribution in [0.3, 0.4) is 0 Å². The summed E-state index contributed by atoms with van der Waals surface area (Å²) in [5, 5.41) is 11.4. The number of carbonyl (C=O) groups is 1. The largest absolute Gasteiger partial charge is 0.456 e. The summed E-state index contributed by atoms with van der Waals surface area (Å²) in [7, 11) is -3.62. The molecular weight excluding hydrogens is 502 g/mol. The van der Waals surface area contributed by atoms with Crippen LogP contribution in [-0.2, 0) is 14.8 Å². The lowest BCUT2D eigenvalue weighted by molar-refractivity contribution is -0.121. The summed E-state index contributed by atoms with van der Waals surface area (Å²) in [6.07, 6.45) is 6.86. The number of nitrogens with two attached hydrogens (primary N) is 1. The molecule has 0 fully saturated rings. The molecule has 0 saturated carbocycles. The van der Waals surface area contributed by atoms with Crippen LogP contribution in [0.25, 0.3) is 21.9 Å². The molecule has 0 spiro atoms. The maximum absolute atomic E-state index is 12.8. The average molecular weight is 546 g/mol. The van der Waals surface area contributed by atoms with Gasteiger partial charge in [0.05, 0.1) is 4.90 Å². The van der Waals surface area contributed by atoms with Crippen LogP contribution < -0.4 is 26.4 Å². The van der Waals surface area contributed by atoms with Crippen molar-refractivity contribution in [3.05, 3.63) is 42.5 Å². The number of nitrogens with one attached hydrogen (secondary N) is 4. The normalized spacial score (nSPS) is 11.9. The minimum atomic E-state index is -3.62. The summed E-state index contributed by atoms with van der Waals surface area (Å²) in [6, 6.07) is 12.5. The molecule has 0 unspecified atom stereocenters. The standard InChI is InChI=1S/C28H43N5O4S/c29-15-8-18-30-16-6-7-17-31-19-9-20-32-28(34)12-2-1-5-21-33-38(35,36)23-13-14-27-25(22-23)24-10-3-4-11-26(24)37-27/h3-4,10-11,13-14,22,30-31,33H,1-2,5-9,12,15-21,29H2,(H,32,34). The number of amides is 1. The van der Waals surface area contributed by atoms with Gasteiger partial charge in [-0.05, 0) is 95.5 Å². The van der Waals surface area contributed by atoms with Gasteiger partial charge >= 0.3 is 0 Å². The number of para-hydroxylation sites is 1. The number of benzene rings is 2. The van der Waals surface area contributed by atoms with Gasteiger partial charge in [0.15, 0.2) is 0 Å². The zero-order chi connectivity index (χ0) is 27.1. The van der Waals surface area contributed by atoms with Crippen molar-refractivity contribution in [3.63, 3.8) is 0 Å². The van der Waals surface area contributed by atoms with Crippen LogP contribution in [-0.4, -0.2) is 60.1 Å². The van der Waals surface area contributed by atoms with Crippen molar-refractivity contribution < 1.29 is 17.6 Å². The van der Waals surface area contributed by atoms with Crippen LogP contribution >= 0.6 is 0 Å². The van der Waals surface area contributed by atoms with Crippen molar-refractivity contribution in [1.29, 1.82) is 0 Å². The molecule has 1 aromatic heterocycles. The first kappa shape index (κ1) is 30.0. The Hall–Kier alpha value is -2.50. The summed E-state index contributed by atoms with van der Waals surface area (Å²) in [5.41, 5.74) is 6.86. The summed E-state index contributed by atoms with van der Waals surface area (Å²) < 4.78 is 33.9. The van der Waals surface area contributed by atoms with Crippen molar-refractivity contribution in [3.8, 4) is 0 Å².